The SMILES string of the molecule is CCOc1cccc(/C=C(\C(=O)O)c2ccc(CC)cc2)c1. The summed E-state index contributed by atoms with van der Waals surface area (Å²) >= 11 is 0. The van der Waals surface area contributed by atoms with Gasteiger partial charge in [-0.05, 0) is 48.2 Å². The van der Waals surface area contributed by atoms with Crippen molar-refractivity contribution in [1.29, 1.82) is 0 Å². The molecule has 0 saturated carbocycles. The number of benzene rings is 2. The molecule has 0 radical (unpaired) electrons. The van der Waals surface area contributed by atoms with Crippen molar-refractivity contribution in [2.45, 2.75) is 20.3 Å². The molecule has 0 unspecified atom stereocenters. The number of aliphatic carboxylic acids is 1. The first kappa shape index (κ1) is 15.8. The molecular formula is C19H20O3. The molecule has 0 aliphatic heterocycles. The molecular weight excluding hydrogens is 276 g/mol. The van der Waals surface area contributed by atoms with Gasteiger partial charge in [-0.3, -0.25) is 0 Å². The largest absolute Gasteiger partial charge is 0.494 e. The molecule has 0 heterocycles. The minimum Gasteiger partial charge on any atom is -0.494 e. The summed E-state index contributed by atoms with van der Waals surface area (Å²) in [6, 6.07) is 15.0. The lowest BCUT2D eigenvalue weighted by molar-refractivity contribution is -0.130. The Bertz CT molecular complexity index is 669. The van der Waals surface area contributed by atoms with Gasteiger partial charge in [-0.1, -0.05) is 43.3 Å². The fraction of sp³-hybridized carbons (Fsp3) is 0.211. The van der Waals surface area contributed by atoms with Crippen LogP contribution in [0.5, 0.6) is 5.75 Å². The maximum Gasteiger partial charge on any atom is 0.336 e. The van der Waals surface area contributed by atoms with Gasteiger partial charge in [0.05, 0.1) is 12.2 Å². The molecule has 0 spiro atoms. The third-order valence-corrected chi connectivity index (χ3v) is 3.38. The van der Waals surface area contributed by atoms with Gasteiger partial charge in [-0.2, -0.15) is 0 Å². The van der Waals surface area contributed by atoms with E-state index in [1.807, 2.05) is 55.5 Å². The van der Waals surface area contributed by atoms with Crippen LogP contribution in [-0.2, 0) is 11.2 Å². The highest BCUT2D eigenvalue weighted by Gasteiger charge is 2.10. The summed E-state index contributed by atoms with van der Waals surface area (Å²) in [5.74, 6) is -0.201. The average Bonchev–Trinajstić information content (AvgIpc) is 2.53. The summed E-state index contributed by atoms with van der Waals surface area (Å²) in [4.78, 5) is 11.6. The topological polar surface area (TPSA) is 46.5 Å². The Morgan fingerprint density at radius 2 is 1.86 bits per heavy atom. The molecule has 0 atom stereocenters. The van der Waals surface area contributed by atoms with Gasteiger partial charge in [0, 0.05) is 0 Å². The van der Waals surface area contributed by atoms with E-state index in [-0.39, 0.29) is 5.57 Å². The number of carboxylic acids is 1. The molecule has 0 fully saturated rings. The zero-order valence-corrected chi connectivity index (χ0v) is 12.9. The standard InChI is InChI=1S/C19H20O3/c1-3-14-8-10-16(11-9-14)18(19(20)21)13-15-6-5-7-17(12-15)22-4-2/h5-13H,3-4H2,1-2H3,(H,20,21)/b18-13-. The van der Waals surface area contributed by atoms with E-state index in [1.165, 1.54) is 5.56 Å². The molecule has 2 aromatic rings. The van der Waals surface area contributed by atoms with Crippen LogP contribution < -0.4 is 4.74 Å². The molecule has 0 amide bonds. The lowest BCUT2D eigenvalue weighted by Crippen LogP contribution is -2.00. The van der Waals surface area contributed by atoms with Gasteiger partial charge in [0.1, 0.15) is 5.75 Å². The van der Waals surface area contributed by atoms with E-state index in [1.54, 1.807) is 6.08 Å². The van der Waals surface area contributed by atoms with Crippen LogP contribution in [-0.4, -0.2) is 17.7 Å². The Labute approximate surface area is 130 Å². The molecule has 3 heteroatoms. The van der Waals surface area contributed by atoms with Crippen molar-refractivity contribution in [3.05, 3.63) is 65.2 Å². The lowest BCUT2D eigenvalue weighted by atomic mass is 10.0. The molecule has 2 aromatic carbocycles. The normalized spacial score (nSPS) is 11.3. The van der Waals surface area contributed by atoms with E-state index in [4.69, 9.17) is 4.74 Å². The third-order valence-electron chi connectivity index (χ3n) is 3.38. The van der Waals surface area contributed by atoms with E-state index >= 15 is 0 Å². The van der Waals surface area contributed by atoms with E-state index in [0.717, 1.165) is 17.7 Å². The summed E-state index contributed by atoms with van der Waals surface area (Å²) in [5.41, 5.74) is 2.97. The van der Waals surface area contributed by atoms with Crippen molar-refractivity contribution in [3.63, 3.8) is 0 Å². The van der Waals surface area contributed by atoms with Crippen LogP contribution >= 0.6 is 0 Å². The van der Waals surface area contributed by atoms with Crippen molar-refractivity contribution in [2.24, 2.45) is 0 Å². The highest BCUT2D eigenvalue weighted by atomic mass is 16.5. The zero-order valence-electron chi connectivity index (χ0n) is 12.9. The predicted octanol–water partition coefficient (Wildman–Crippen LogP) is 4.27. The fourth-order valence-electron chi connectivity index (χ4n) is 2.22. The molecule has 22 heavy (non-hydrogen) atoms. The van der Waals surface area contributed by atoms with E-state index in [9.17, 15) is 9.90 Å². The Morgan fingerprint density at radius 1 is 1.14 bits per heavy atom. The van der Waals surface area contributed by atoms with Crippen molar-refractivity contribution < 1.29 is 14.6 Å². The first-order valence-corrected chi connectivity index (χ1v) is 7.41. The second kappa shape index (κ2) is 7.46. The van der Waals surface area contributed by atoms with Crippen molar-refractivity contribution >= 4 is 17.6 Å². The average molecular weight is 296 g/mol. The molecule has 114 valence electrons. The molecule has 0 saturated heterocycles. The van der Waals surface area contributed by atoms with E-state index < -0.39 is 5.97 Å². The third kappa shape index (κ3) is 3.98. The number of aryl methyl sites for hydroxylation is 1. The van der Waals surface area contributed by atoms with Gasteiger partial charge >= 0.3 is 5.97 Å². The molecule has 3 nitrogen and oxygen atoms in total. The summed E-state index contributed by atoms with van der Waals surface area (Å²) < 4.78 is 5.45. The molecule has 2 rings (SSSR count). The van der Waals surface area contributed by atoms with Crippen LogP contribution in [0.4, 0.5) is 0 Å². The number of ether oxygens (including phenoxy) is 1. The Morgan fingerprint density at radius 3 is 2.45 bits per heavy atom. The quantitative estimate of drug-likeness (QED) is 0.639. The smallest absolute Gasteiger partial charge is 0.336 e. The Kier molecular flexibility index (Phi) is 5.37. The van der Waals surface area contributed by atoms with Gasteiger partial charge in [0.2, 0.25) is 0 Å². The highest BCUT2D eigenvalue weighted by Crippen LogP contribution is 2.22. The first-order chi connectivity index (χ1) is 10.6. The molecule has 0 aliphatic rings. The van der Waals surface area contributed by atoms with Crippen molar-refractivity contribution in [2.75, 3.05) is 6.61 Å². The maximum atomic E-state index is 11.6. The van der Waals surface area contributed by atoms with Crippen LogP contribution in [0.1, 0.15) is 30.5 Å². The number of hydrogen-bond donors (Lipinski definition) is 1. The van der Waals surface area contributed by atoms with Gasteiger partial charge < -0.3 is 9.84 Å². The second-order valence-electron chi connectivity index (χ2n) is 4.92. The van der Waals surface area contributed by atoms with Gasteiger partial charge in [0.15, 0.2) is 0 Å². The minimum absolute atomic E-state index is 0.274. The summed E-state index contributed by atoms with van der Waals surface area (Å²) in [6.07, 6.45) is 2.61. The van der Waals surface area contributed by atoms with Gasteiger partial charge in [0.25, 0.3) is 0 Å². The maximum absolute atomic E-state index is 11.6. The first-order valence-electron chi connectivity index (χ1n) is 7.41. The van der Waals surface area contributed by atoms with Crippen molar-refractivity contribution in [1.82, 2.24) is 0 Å². The van der Waals surface area contributed by atoms with Gasteiger partial charge in [-0.25, -0.2) is 4.79 Å². The second-order valence-corrected chi connectivity index (χ2v) is 4.92. The van der Waals surface area contributed by atoms with Crippen LogP contribution in [0, 0.1) is 0 Å². The van der Waals surface area contributed by atoms with Crippen LogP contribution in [0.2, 0.25) is 0 Å². The molecule has 1 N–H and O–H groups in total. The van der Waals surface area contributed by atoms with Crippen LogP contribution in [0.25, 0.3) is 11.6 Å². The Hall–Kier alpha value is -2.55. The monoisotopic (exact) mass is 296 g/mol. The van der Waals surface area contributed by atoms with E-state index in [0.29, 0.717) is 12.2 Å². The van der Waals surface area contributed by atoms with Crippen LogP contribution in [0.15, 0.2) is 48.5 Å². The highest BCUT2D eigenvalue weighted by molar-refractivity contribution is 6.20. The van der Waals surface area contributed by atoms with Gasteiger partial charge in [-0.15, -0.1) is 0 Å². The summed E-state index contributed by atoms with van der Waals surface area (Å²) in [5, 5.41) is 9.49. The van der Waals surface area contributed by atoms with Crippen molar-refractivity contribution in [3.8, 4) is 5.75 Å². The summed E-state index contributed by atoms with van der Waals surface area (Å²) in [6.45, 7) is 4.57. The lowest BCUT2D eigenvalue weighted by Gasteiger charge is -2.06. The molecule has 0 aliphatic carbocycles. The number of carboxylic acid groups (broad SMARTS) is 1. The molecule has 0 aromatic heterocycles. The number of hydrogen-bond acceptors (Lipinski definition) is 2. The van der Waals surface area contributed by atoms with E-state index in [2.05, 4.69) is 6.92 Å². The Balaban J connectivity index is 2.38. The molecule has 0 bridgehead atoms. The minimum atomic E-state index is -0.939. The fourth-order valence-corrected chi connectivity index (χ4v) is 2.22. The zero-order chi connectivity index (χ0) is 15.9. The van der Waals surface area contributed by atoms with Crippen LogP contribution in [0.3, 0.4) is 0 Å². The number of rotatable bonds is 6. The predicted molar refractivity (Wildman–Crippen MR) is 88.9 cm³/mol. The summed E-state index contributed by atoms with van der Waals surface area (Å²) in [7, 11) is 0. The number of carbonyl (C=O) groups is 1.